The number of hydrogen-bond acceptors (Lipinski definition) is 7. The van der Waals surface area contributed by atoms with E-state index >= 15 is 4.39 Å². The molecule has 0 saturated carbocycles. The first-order valence-electron chi connectivity index (χ1n) is 12.8. The number of rotatable bonds is 10. The molecule has 4 aromatic carbocycles. The lowest BCUT2D eigenvalue weighted by molar-refractivity contribution is 0.0698. The van der Waals surface area contributed by atoms with E-state index in [1.807, 2.05) is 4.72 Å². The Morgan fingerprint density at radius 3 is 2.36 bits per heavy atom. The van der Waals surface area contributed by atoms with E-state index in [0.29, 0.717) is 16.9 Å². The van der Waals surface area contributed by atoms with Crippen LogP contribution in [-0.2, 0) is 16.6 Å². The van der Waals surface area contributed by atoms with E-state index in [0.717, 1.165) is 29.3 Å². The van der Waals surface area contributed by atoms with Crippen LogP contribution in [0.3, 0.4) is 0 Å². The highest BCUT2D eigenvalue weighted by atomic mass is 32.2. The van der Waals surface area contributed by atoms with Gasteiger partial charge >= 0.3 is 5.97 Å². The Labute approximate surface area is 254 Å². The highest BCUT2D eigenvalue weighted by Crippen LogP contribution is 2.29. The van der Waals surface area contributed by atoms with Gasteiger partial charge in [-0.15, -0.1) is 11.3 Å². The minimum atomic E-state index is -4.42. The summed E-state index contributed by atoms with van der Waals surface area (Å²) in [5, 5.41) is 22.6. The number of hydrogen-bond donors (Lipinski definition) is 4. The summed E-state index contributed by atoms with van der Waals surface area (Å²) in [5.74, 6) is -3.87. The Kier molecular flexibility index (Phi) is 8.60. The third-order valence-electron chi connectivity index (χ3n) is 6.33. The first kappa shape index (κ1) is 30.2. The third kappa shape index (κ3) is 6.69. The van der Waals surface area contributed by atoms with Crippen molar-refractivity contribution < 1.29 is 41.7 Å². The Balaban J connectivity index is 1.25. The molecule has 4 N–H and O–H groups in total. The fraction of sp³-hybridized carbons (Fsp3) is 0.0323. The molecule has 1 heterocycles. The van der Waals surface area contributed by atoms with Gasteiger partial charge in [0.1, 0.15) is 22.1 Å². The number of thiophene rings is 1. The maximum Gasteiger partial charge on any atom is 0.347 e. The van der Waals surface area contributed by atoms with Gasteiger partial charge in [-0.1, -0.05) is 36.4 Å². The van der Waals surface area contributed by atoms with Crippen LogP contribution in [0.2, 0.25) is 0 Å². The number of aromatic carboxylic acids is 1. The molecule has 0 aliphatic heterocycles. The van der Waals surface area contributed by atoms with Crippen molar-refractivity contribution in [3.63, 3.8) is 0 Å². The van der Waals surface area contributed by atoms with Gasteiger partial charge in [0.05, 0.1) is 5.69 Å². The summed E-state index contributed by atoms with van der Waals surface area (Å²) in [5.41, 5.74) is 1.46. The van der Waals surface area contributed by atoms with Gasteiger partial charge in [0.15, 0.2) is 17.4 Å². The SMILES string of the molecule is O=C(Nc1ccc(OCc2cccc(NS(=O)(=O)c3ccsc3C(=O)O)c2F)c(F)c1)c1cccc(-c2ccc(O)cc2)c1. The molecule has 0 bridgehead atoms. The highest BCUT2D eigenvalue weighted by Gasteiger charge is 2.25. The van der Waals surface area contributed by atoms with E-state index in [1.54, 1.807) is 36.4 Å². The molecule has 0 aliphatic carbocycles. The van der Waals surface area contributed by atoms with Crippen molar-refractivity contribution in [2.24, 2.45) is 0 Å². The van der Waals surface area contributed by atoms with Crippen LogP contribution in [0.5, 0.6) is 11.5 Å². The van der Waals surface area contributed by atoms with Crippen LogP contribution in [0.15, 0.2) is 101 Å². The van der Waals surface area contributed by atoms with Crippen LogP contribution >= 0.6 is 11.3 Å². The molecule has 9 nitrogen and oxygen atoms in total. The summed E-state index contributed by atoms with van der Waals surface area (Å²) in [6.45, 7) is -0.465. The van der Waals surface area contributed by atoms with Gasteiger partial charge in [-0.2, -0.15) is 0 Å². The van der Waals surface area contributed by atoms with Crippen molar-refractivity contribution in [3.05, 3.63) is 124 Å². The average molecular weight is 637 g/mol. The number of aromatic hydroxyl groups is 1. The number of sulfonamides is 1. The normalized spacial score (nSPS) is 11.1. The minimum absolute atomic E-state index is 0.0979. The average Bonchev–Trinajstić information content (AvgIpc) is 3.51. The van der Waals surface area contributed by atoms with Crippen LogP contribution in [0.1, 0.15) is 25.6 Å². The zero-order chi connectivity index (χ0) is 31.4. The summed E-state index contributed by atoms with van der Waals surface area (Å²) in [6, 6.07) is 21.9. The Hall–Kier alpha value is -5.27. The predicted octanol–water partition coefficient (Wildman–Crippen LogP) is 6.73. The van der Waals surface area contributed by atoms with E-state index in [4.69, 9.17) is 4.74 Å². The molecule has 5 aromatic rings. The molecule has 0 atom stereocenters. The lowest BCUT2D eigenvalue weighted by Gasteiger charge is -2.13. The number of halogens is 2. The summed E-state index contributed by atoms with van der Waals surface area (Å²) < 4.78 is 62.9. The van der Waals surface area contributed by atoms with Crippen molar-refractivity contribution in [1.82, 2.24) is 0 Å². The second-order valence-electron chi connectivity index (χ2n) is 9.32. The van der Waals surface area contributed by atoms with E-state index in [9.17, 15) is 32.6 Å². The van der Waals surface area contributed by atoms with Gasteiger partial charge in [0.2, 0.25) is 0 Å². The fourth-order valence-electron chi connectivity index (χ4n) is 4.18. The van der Waals surface area contributed by atoms with Gasteiger partial charge in [-0.3, -0.25) is 9.52 Å². The van der Waals surface area contributed by atoms with Crippen LogP contribution < -0.4 is 14.8 Å². The summed E-state index contributed by atoms with van der Waals surface area (Å²) in [4.78, 5) is 23.2. The predicted molar refractivity (Wildman–Crippen MR) is 161 cm³/mol. The molecule has 13 heteroatoms. The minimum Gasteiger partial charge on any atom is -0.508 e. The number of phenolic OH excluding ortho intramolecular Hbond substituents is 1. The number of anilines is 2. The lowest BCUT2D eigenvalue weighted by Crippen LogP contribution is -2.16. The molecule has 0 fully saturated rings. The van der Waals surface area contributed by atoms with Crippen molar-refractivity contribution in [2.75, 3.05) is 10.0 Å². The van der Waals surface area contributed by atoms with E-state index in [2.05, 4.69) is 5.32 Å². The quantitative estimate of drug-likeness (QED) is 0.133. The number of nitrogens with one attached hydrogen (secondary N) is 2. The zero-order valence-corrected chi connectivity index (χ0v) is 24.1. The van der Waals surface area contributed by atoms with Crippen LogP contribution in [-0.4, -0.2) is 30.5 Å². The number of carbonyl (C=O) groups is 2. The molecule has 224 valence electrons. The number of carboxylic acid groups (broad SMARTS) is 1. The first-order chi connectivity index (χ1) is 21.0. The van der Waals surface area contributed by atoms with E-state index in [1.165, 1.54) is 41.8 Å². The molecule has 0 spiro atoms. The second-order valence-corrected chi connectivity index (χ2v) is 11.9. The topological polar surface area (TPSA) is 142 Å². The van der Waals surface area contributed by atoms with Crippen LogP contribution in [0.4, 0.5) is 20.2 Å². The standard InChI is InChI=1S/C31H22F2N2O7S2/c32-24-16-22(34-30(37)20-4-1-3-19(15-20)18-7-10-23(36)11-8-18)9-12-26(24)42-17-21-5-2-6-25(28(21)33)35-44(40,41)27-13-14-43-29(27)31(38)39/h1-16,35-36H,17H2,(H,34,37)(H,38,39). The number of carbonyl (C=O) groups excluding carboxylic acids is 1. The van der Waals surface area contributed by atoms with Crippen molar-refractivity contribution in [3.8, 4) is 22.6 Å². The molecule has 0 radical (unpaired) electrons. The van der Waals surface area contributed by atoms with Gasteiger partial charge in [0.25, 0.3) is 15.9 Å². The van der Waals surface area contributed by atoms with E-state index in [-0.39, 0.29) is 22.7 Å². The zero-order valence-electron chi connectivity index (χ0n) is 22.5. The largest absolute Gasteiger partial charge is 0.508 e. The van der Waals surface area contributed by atoms with Crippen molar-refractivity contribution >= 4 is 44.6 Å². The molecule has 0 unspecified atom stereocenters. The molecule has 1 amide bonds. The Morgan fingerprint density at radius 1 is 0.886 bits per heavy atom. The Bertz CT molecular complexity index is 1980. The monoisotopic (exact) mass is 636 g/mol. The summed E-state index contributed by atoms with van der Waals surface area (Å²) in [7, 11) is -4.42. The molecule has 5 rings (SSSR count). The molecule has 0 saturated heterocycles. The van der Waals surface area contributed by atoms with Crippen molar-refractivity contribution in [2.45, 2.75) is 11.5 Å². The van der Waals surface area contributed by atoms with Gasteiger partial charge in [-0.05, 0) is 65.0 Å². The molecular formula is C31H22F2N2O7S2. The number of carboxylic acids is 1. The molecule has 1 aromatic heterocycles. The van der Waals surface area contributed by atoms with Crippen LogP contribution in [0.25, 0.3) is 11.1 Å². The molecule has 0 aliphatic rings. The highest BCUT2D eigenvalue weighted by molar-refractivity contribution is 7.93. The first-order valence-corrected chi connectivity index (χ1v) is 15.1. The molecule has 44 heavy (non-hydrogen) atoms. The van der Waals surface area contributed by atoms with Crippen LogP contribution in [0, 0.1) is 11.6 Å². The number of amides is 1. The smallest absolute Gasteiger partial charge is 0.347 e. The molecular weight excluding hydrogens is 614 g/mol. The summed E-state index contributed by atoms with van der Waals surface area (Å²) >= 11 is 0.714. The van der Waals surface area contributed by atoms with Gasteiger partial charge in [0, 0.05) is 22.9 Å². The number of ether oxygens (including phenoxy) is 1. The second kappa shape index (κ2) is 12.5. The van der Waals surface area contributed by atoms with Crippen molar-refractivity contribution in [1.29, 1.82) is 0 Å². The lowest BCUT2D eigenvalue weighted by atomic mass is 10.0. The number of benzene rings is 4. The maximum absolute atomic E-state index is 15.2. The fourth-order valence-corrected chi connectivity index (χ4v) is 6.50. The van der Waals surface area contributed by atoms with E-state index < -0.39 is 55.6 Å². The Morgan fingerprint density at radius 2 is 1.64 bits per heavy atom. The number of phenols is 1. The maximum atomic E-state index is 15.2. The van der Waals surface area contributed by atoms with Gasteiger partial charge in [-0.25, -0.2) is 22.0 Å². The summed E-state index contributed by atoms with van der Waals surface area (Å²) in [6.07, 6.45) is 0. The third-order valence-corrected chi connectivity index (χ3v) is 8.77. The van der Waals surface area contributed by atoms with Gasteiger partial charge < -0.3 is 20.3 Å².